The van der Waals surface area contributed by atoms with E-state index in [1.54, 1.807) is 12.5 Å². The number of hydrogen-bond donors (Lipinski definition) is 2. The van der Waals surface area contributed by atoms with E-state index in [9.17, 15) is 4.79 Å². The number of amides is 1. The van der Waals surface area contributed by atoms with Crippen LogP contribution in [0.5, 0.6) is 11.5 Å². The molecule has 1 aromatic carbocycles. The standard InChI is InChI=1S/C20H20N2O5/c23-20(21-10-15-5-6-18-19(9-15)27-14-26-18)13-22(11-16-3-1-7-24-16)12-17-4-2-8-25-17/h1-9H,10-14H2,(H,21,23)/p+1. The Hall–Kier alpha value is -3.19. The van der Waals surface area contributed by atoms with Crippen molar-refractivity contribution in [3.05, 3.63) is 72.1 Å². The molecule has 4 rings (SSSR count). The third-order valence-corrected chi connectivity index (χ3v) is 4.35. The van der Waals surface area contributed by atoms with Crippen molar-refractivity contribution in [2.75, 3.05) is 13.3 Å². The molecule has 3 aromatic rings. The van der Waals surface area contributed by atoms with Gasteiger partial charge >= 0.3 is 0 Å². The lowest BCUT2D eigenvalue weighted by Gasteiger charge is -2.17. The van der Waals surface area contributed by atoms with Crippen LogP contribution in [0.15, 0.2) is 63.8 Å². The number of fused-ring (bicyclic) bond motifs is 1. The van der Waals surface area contributed by atoms with Gasteiger partial charge in [0.1, 0.15) is 13.1 Å². The molecule has 2 aromatic heterocycles. The van der Waals surface area contributed by atoms with E-state index in [2.05, 4.69) is 5.32 Å². The first-order valence-corrected chi connectivity index (χ1v) is 8.80. The SMILES string of the molecule is O=C(C[NH+](Cc1ccco1)Cc1ccco1)NCc1ccc2c(c1)OCO2. The molecule has 140 valence electrons. The van der Waals surface area contributed by atoms with Gasteiger partial charge in [-0.2, -0.15) is 0 Å². The predicted molar refractivity (Wildman–Crippen MR) is 95.1 cm³/mol. The van der Waals surface area contributed by atoms with Crippen molar-refractivity contribution >= 4 is 5.91 Å². The van der Waals surface area contributed by atoms with E-state index in [1.165, 1.54) is 0 Å². The molecule has 1 aliphatic rings. The van der Waals surface area contributed by atoms with Crippen LogP contribution in [0.1, 0.15) is 17.1 Å². The highest BCUT2D eigenvalue weighted by Crippen LogP contribution is 2.32. The summed E-state index contributed by atoms with van der Waals surface area (Å²) >= 11 is 0. The molecule has 0 atom stereocenters. The lowest BCUT2D eigenvalue weighted by molar-refractivity contribution is -0.921. The molecule has 1 aliphatic heterocycles. The van der Waals surface area contributed by atoms with Gasteiger partial charge in [-0.25, -0.2) is 0 Å². The molecule has 7 heteroatoms. The first-order valence-electron chi connectivity index (χ1n) is 8.80. The highest BCUT2D eigenvalue weighted by atomic mass is 16.7. The quantitative estimate of drug-likeness (QED) is 0.629. The topological polar surface area (TPSA) is 78.3 Å². The largest absolute Gasteiger partial charge is 0.463 e. The first kappa shape index (κ1) is 17.2. The molecule has 27 heavy (non-hydrogen) atoms. The summed E-state index contributed by atoms with van der Waals surface area (Å²) < 4.78 is 21.5. The van der Waals surface area contributed by atoms with Gasteiger partial charge in [0.2, 0.25) is 6.79 Å². The minimum atomic E-state index is -0.0409. The zero-order valence-corrected chi connectivity index (χ0v) is 14.8. The average molecular weight is 369 g/mol. The van der Waals surface area contributed by atoms with Crippen LogP contribution < -0.4 is 19.7 Å². The number of carbonyl (C=O) groups excluding carboxylic acids is 1. The summed E-state index contributed by atoms with van der Waals surface area (Å²) in [7, 11) is 0. The van der Waals surface area contributed by atoms with E-state index in [1.807, 2.05) is 42.5 Å². The van der Waals surface area contributed by atoms with Gasteiger partial charge in [-0.15, -0.1) is 0 Å². The van der Waals surface area contributed by atoms with Crippen LogP contribution in [0, 0.1) is 0 Å². The second kappa shape index (κ2) is 8.01. The van der Waals surface area contributed by atoms with Crippen LogP contribution in [0.25, 0.3) is 0 Å². The molecular weight excluding hydrogens is 348 g/mol. The van der Waals surface area contributed by atoms with Crippen molar-refractivity contribution in [1.29, 1.82) is 0 Å². The maximum absolute atomic E-state index is 12.5. The Kier molecular flexibility index (Phi) is 5.11. The molecule has 0 bridgehead atoms. The fourth-order valence-electron chi connectivity index (χ4n) is 3.05. The Morgan fingerprint density at radius 3 is 2.33 bits per heavy atom. The van der Waals surface area contributed by atoms with Gasteiger partial charge in [0.05, 0.1) is 12.5 Å². The summed E-state index contributed by atoms with van der Waals surface area (Å²) in [6.45, 7) is 2.19. The highest BCUT2D eigenvalue weighted by molar-refractivity contribution is 5.76. The van der Waals surface area contributed by atoms with E-state index in [-0.39, 0.29) is 12.7 Å². The van der Waals surface area contributed by atoms with Gasteiger partial charge in [0.15, 0.2) is 29.6 Å². The van der Waals surface area contributed by atoms with Gasteiger partial charge < -0.3 is 28.5 Å². The van der Waals surface area contributed by atoms with Crippen LogP contribution in [0.3, 0.4) is 0 Å². The molecule has 0 spiro atoms. The van der Waals surface area contributed by atoms with E-state index in [0.717, 1.165) is 27.7 Å². The van der Waals surface area contributed by atoms with E-state index in [4.69, 9.17) is 18.3 Å². The number of benzene rings is 1. The van der Waals surface area contributed by atoms with Crippen LogP contribution >= 0.6 is 0 Å². The third kappa shape index (κ3) is 4.51. The molecule has 0 aliphatic carbocycles. The Bertz CT molecular complexity index is 838. The molecule has 0 unspecified atom stereocenters. The smallest absolute Gasteiger partial charge is 0.275 e. The molecule has 2 N–H and O–H groups in total. The van der Waals surface area contributed by atoms with Gasteiger partial charge in [0, 0.05) is 6.54 Å². The Morgan fingerprint density at radius 1 is 0.963 bits per heavy atom. The summed E-state index contributed by atoms with van der Waals surface area (Å²) in [5, 5.41) is 2.96. The maximum Gasteiger partial charge on any atom is 0.275 e. The second-order valence-corrected chi connectivity index (χ2v) is 6.40. The molecule has 0 saturated heterocycles. The van der Waals surface area contributed by atoms with Gasteiger partial charge in [0.25, 0.3) is 5.91 Å². The van der Waals surface area contributed by atoms with Crippen LogP contribution in [0.4, 0.5) is 0 Å². The average Bonchev–Trinajstić information content (AvgIpc) is 3.42. The normalized spacial score (nSPS) is 12.5. The Morgan fingerprint density at radius 2 is 1.67 bits per heavy atom. The number of rotatable bonds is 8. The highest BCUT2D eigenvalue weighted by Gasteiger charge is 2.19. The van der Waals surface area contributed by atoms with Crippen molar-refractivity contribution in [2.24, 2.45) is 0 Å². The predicted octanol–water partition coefficient (Wildman–Crippen LogP) is 1.50. The fourth-order valence-corrected chi connectivity index (χ4v) is 3.05. The zero-order valence-electron chi connectivity index (χ0n) is 14.8. The van der Waals surface area contributed by atoms with Crippen molar-refractivity contribution in [2.45, 2.75) is 19.6 Å². The van der Waals surface area contributed by atoms with Gasteiger partial charge in [-0.05, 0) is 42.0 Å². The molecule has 7 nitrogen and oxygen atoms in total. The molecule has 0 saturated carbocycles. The van der Waals surface area contributed by atoms with E-state index in [0.29, 0.717) is 31.9 Å². The maximum atomic E-state index is 12.5. The molecule has 1 amide bonds. The molecule has 3 heterocycles. The molecule has 0 fully saturated rings. The molecular formula is C20H21N2O5+. The fraction of sp³-hybridized carbons (Fsp3) is 0.250. The summed E-state index contributed by atoms with van der Waals surface area (Å²) in [6, 6.07) is 13.2. The summed E-state index contributed by atoms with van der Waals surface area (Å²) in [5.41, 5.74) is 0.964. The summed E-state index contributed by atoms with van der Waals surface area (Å²) in [4.78, 5) is 13.5. The summed E-state index contributed by atoms with van der Waals surface area (Å²) in [6.07, 6.45) is 3.28. The minimum absolute atomic E-state index is 0.0409. The van der Waals surface area contributed by atoms with Gasteiger partial charge in [-0.3, -0.25) is 4.79 Å². The number of ether oxygens (including phenoxy) is 2. The Labute approximate surface area is 156 Å². The van der Waals surface area contributed by atoms with Crippen molar-refractivity contribution in [1.82, 2.24) is 5.32 Å². The monoisotopic (exact) mass is 369 g/mol. The lowest BCUT2D eigenvalue weighted by Crippen LogP contribution is -3.10. The van der Waals surface area contributed by atoms with Crippen LogP contribution in [-0.4, -0.2) is 19.2 Å². The van der Waals surface area contributed by atoms with E-state index < -0.39 is 0 Å². The number of carbonyl (C=O) groups is 1. The lowest BCUT2D eigenvalue weighted by atomic mass is 10.2. The van der Waals surface area contributed by atoms with Crippen molar-refractivity contribution in [3.8, 4) is 11.5 Å². The number of nitrogens with one attached hydrogen (secondary N) is 2. The van der Waals surface area contributed by atoms with Crippen molar-refractivity contribution < 1.29 is 28.0 Å². The first-order chi connectivity index (χ1) is 13.3. The number of hydrogen-bond acceptors (Lipinski definition) is 5. The van der Waals surface area contributed by atoms with Crippen LogP contribution in [0.2, 0.25) is 0 Å². The zero-order chi connectivity index (χ0) is 18.5. The minimum Gasteiger partial charge on any atom is -0.463 e. The molecule has 0 radical (unpaired) electrons. The van der Waals surface area contributed by atoms with E-state index >= 15 is 0 Å². The third-order valence-electron chi connectivity index (χ3n) is 4.35. The van der Waals surface area contributed by atoms with Crippen LogP contribution in [-0.2, 0) is 24.4 Å². The summed E-state index contributed by atoms with van der Waals surface area (Å²) in [5.74, 6) is 3.07. The van der Waals surface area contributed by atoms with Crippen molar-refractivity contribution in [3.63, 3.8) is 0 Å². The Balaban J connectivity index is 1.34. The number of quaternary nitrogens is 1. The van der Waals surface area contributed by atoms with Gasteiger partial charge in [-0.1, -0.05) is 6.07 Å². The second-order valence-electron chi connectivity index (χ2n) is 6.40. The number of furan rings is 2.